The predicted molar refractivity (Wildman–Crippen MR) is 173 cm³/mol. The first-order chi connectivity index (χ1) is 23.3. The van der Waals surface area contributed by atoms with Crippen molar-refractivity contribution in [3.8, 4) is 5.75 Å². The van der Waals surface area contributed by atoms with Gasteiger partial charge >= 0.3 is 24.3 Å². The van der Waals surface area contributed by atoms with Crippen molar-refractivity contribution < 1.29 is 56.0 Å². The zero-order chi connectivity index (χ0) is 37.8. The molecule has 0 atom stereocenters. The number of methoxy groups -OCH3 is 1. The number of aliphatic hydroxyl groups is 1. The van der Waals surface area contributed by atoms with Crippen molar-refractivity contribution in [3.05, 3.63) is 57.6 Å². The molecule has 1 saturated heterocycles. The smallest absolute Gasteiger partial charge is 0.490 e. The maximum absolute atomic E-state index is 12.8. The number of carboxylic acids is 2. The Morgan fingerprint density at radius 2 is 1.56 bits per heavy atom. The van der Waals surface area contributed by atoms with Gasteiger partial charge in [-0.15, -0.1) is 0 Å². The summed E-state index contributed by atoms with van der Waals surface area (Å²) in [7, 11) is 1.63. The van der Waals surface area contributed by atoms with E-state index in [-0.39, 0.29) is 18.2 Å². The number of carboxylic acid groups (broad SMARTS) is 2. The van der Waals surface area contributed by atoms with Crippen molar-refractivity contribution in [1.29, 1.82) is 0 Å². The molecule has 2 aromatic heterocycles. The highest BCUT2D eigenvalue weighted by atomic mass is 79.9. The summed E-state index contributed by atoms with van der Waals surface area (Å²) >= 11 is 3.47. The van der Waals surface area contributed by atoms with Gasteiger partial charge in [0.2, 0.25) is 5.95 Å². The van der Waals surface area contributed by atoms with Gasteiger partial charge in [-0.1, -0.05) is 0 Å². The van der Waals surface area contributed by atoms with Gasteiger partial charge in [0, 0.05) is 62.9 Å². The van der Waals surface area contributed by atoms with E-state index >= 15 is 0 Å². The van der Waals surface area contributed by atoms with Crippen LogP contribution in [0.3, 0.4) is 0 Å². The molecule has 1 fully saturated rings. The van der Waals surface area contributed by atoms with Crippen LogP contribution in [0.5, 0.6) is 5.75 Å². The van der Waals surface area contributed by atoms with Crippen LogP contribution >= 0.6 is 15.9 Å². The molecule has 3 heterocycles. The molecule has 1 aliphatic rings. The van der Waals surface area contributed by atoms with Crippen LogP contribution in [0.15, 0.2) is 52.0 Å². The number of benzene rings is 1. The SMILES string of the molecule is COc1cc(N2CCN(CCO)CC2)ccc1Nc1ncc(Br)c(Nc2cccn(C(C)C)c2=O)n1.O=C(O)C(F)(F)F.O=C(O)C(F)(F)F. The summed E-state index contributed by atoms with van der Waals surface area (Å²) in [4.78, 5) is 44.1. The van der Waals surface area contributed by atoms with Gasteiger partial charge in [0.1, 0.15) is 11.4 Å². The van der Waals surface area contributed by atoms with Crippen molar-refractivity contribution in [2.24, 2.45) is 0 Å². The first kappa shape index (κ1) is 41.5. The van der Waals surface area contributed by atoms with Crippen molar-refractivity contribution in [3.63, 3.8) is 0 Å². The molecule has 50 heavy (non-hydrogen) atoms. The number of hydrogen-bond donors (Lipinski definition) is 5. The molecule has 0 unspecified atom stereocenters. The molecule has 1 aliphatic heterocycles. The van der Waals surface area contributed by atoms with Crippen LogP contribution in [0.25, 0.3) is 0 Å². The lowest BCUT2D eigenvalue weighted by Gasteiger charge is -2.36. The molecule has 0 amide bonds. The molecular formula is C29H34BrF6N7O7. The largest absolute Gasteiger partial charge is 0.494 e. The average Bonchev–Trinajstić information content (AvgIpc) is 3.04. The third-order valence-corrected chi connectivity index (χ3v) is 7.18. The van der Waals surface area contributed by atoms with Crippen molar-refractivity contribution >= 4 is 56.7 Å². The Labute approximate surface area is 289 Å². The molecule has 0 bridgehead atoms. The maximum Gasteiger partial charge on any atom is 0.490 e. The van der Waals surface area contributed by atoms with Crippen LogP contribution in [0, 0.1) is 0 Å². The number of nitrogens with one attached hydrogen (secondary N) is 2. The Morgan fingerprint density at radius 1 is 0.980 bits per heavy atom. The predicted octanol–water partition coefficient (Wildman–Crippen LogP) is 4.86. The summed E-state index contributed by atoms with van der Waals surface area (Å²) in [6.07, 6.45) is -6.76. The number of β-amino-alcohol motifs (C(OH)–C–C–N with tert-alkyl or cyclic N) is 1. The number of pyridine rings is 1. The Balaban J connectivity index is 0.000000521. The molecule has 5 N–H and O–H groups in total. The fourth-order valence-electron chi connectivity index (χ4n) is 4.13. The van der Waals surface area contributed by atoms with Crippen LogP contribution in [-0.4, -0.2) is 105 Å². The van der Waals surface area contributed by atoms with E-state index in [1.165, 1.54) is 0 Å². The van der Waals surface area contributed by atoms with E-state index < -0.39 is 24.3 Å². The molecule has 0 aliphatic carbocycles. The Kier molecular flexibility index (Phi) is 15.3. The number of hydrogen-bond acceptors (Lipinski definition) is 11. The van der Waals surface area contributed by atoms with Gasteiger partial charge in [0.15, 0.2) is 5.82 Å². The van der Waals surface area contributed by atoms with E-state index in [0.717, 1.165) is 37.6 Å². The van der Waals surface area contributed by atoms with E-state index in [1.54, 1.807) is 30.1 Å². The van der Waals surface area contributed by atoms with Gasteiger partial charge in [-0.05, 0) is 54.0 Å². The first-order valence-corrected chi connectivity index (χ1v) is 15.2. The number of anilines is 5. The van der Waals surface area contributed by atoms with Crippen LogP contribution in [0.1, 0.15) is 19.9 Å². The fourth-order valence-corrected chi connectivity index (χ4v) is 4.42. The zero-order valence-corrected chi connectivity index (χ0v) is 28.3. The minimum atomic E-state index is -5.08. The highest BCUT2D eigenvalue weighted by Gasteiger charge is 2.38. The third-order valence-electron chi connectivity index (χ3n) is 6.60. The summed E-state index contributed by atoms with van der Waals surface area (Å²) in [5.74, 6) is -4.00. The summed E-state index contributed by atoms with van der Waals surface area (Å²) in [5.41, 5.74) is 2.11. The number of aliphatic carboxylic acids is 2. The summed E-state index contributed by atoms with van der Waals surface area (Å²) in [6, 6.07) is 9.60. The molecule has 4 rings (SSSR count). The monoisotopic (exact) mass is 785 g/mol. The van der Waals surface area contributed by atoms with E-state index in [4.69, 9.17) is 29.6 Å². The number of ether oxygens (including phenoxy) is 1. The second-order valence-electron chi connectivity index (χ2n) is 10.4. The quantitative estimate of drug-likeness (QED) is 0.186. The summed E-state index contributed by atoms with van der Waals surface area (Å²) in [6.45, 7) is 8.42. The van der Waals surface area contributed by atoms with Gasteiger partial charge in [-0.2, -0.15) is 31.3 Å². The maximum atomic E-state index is 12.8. The topological polar surface area (TPSA) is 182 Å². The van der Waals surface area contributed by atoms with Crippen LogP contribution in [-0.2, 0) is 9.59 Å². The normalized spacial score (nSPS) is 13.4. The number of aromatic nitrogens is 3. The van der Waals surface area contributed by atoms with E-state index in [2.05, 4.69) is 46.3 Å². The standard InChI is InChI=1S/C25H32BrN7O3.2C2HF3O2/c1-17(2)33-8-4-5-21(24(33)35)28-23-19(26)16-27-25(30-23)29-20-7-6-18(15-22(20)36-3)32-11-9-31(10-12-32)13-14-34;2*3-2(4,5)1(6)7/h4-8,15-17,34H,9-14H2,1-3H3,(H2,27,28,29,30);2*(H,6,7). The first-order valence-electron chi connectivity index (χ1n) is 14.4. The van der Waals surface area contributed by atoms with Crippen molar-refractivity contribution in [2.75, 3.05) is 62.0 Å². The molecule has 0 saturated carbocycles. The van der Waals surface area contributed by atoms with Crippen LogP contribution in [0.2, 0.25) is 0 Å². The van der Waals surface area contributed by atoms with Gasteiger partial charge < -0.3 is 40.2 Å². The number of aliphatic hydroxyl groups excluding tert-OH is 1. The van der Waals surface area contributed by atoms with E-state index in [1.807, 2.05) is 38.1 Å². The lowest BCUT2D eigenvalue weighted by molar-refractivity contribution is -0.193. The summed E-state index contributed by atoms with van der Waals surface area (Å²) in [5, 5.41) is 29.8. The number of piperazine rings is 1. The molecule has 21 heteroatoms. The van der Waals surface area contributed by atoms with E-state index in [0.29, 0.717) is 34.2 Å². The molecule has 1 aromatic carbocycles. The third kappa shape index (κ3) is 12.7. The number of alkyl halides is 6. The lowest BCUT2D eigenvalue weighted by Crippen LogP contribution is -2.47. The number of nitrogens with zero attached hydrogens (tertiary/aromatic N) is 5. The summed E-state index contributed by atoms with van der Waals surface area (Å²) < 4.78 is 71.4. The Morgan fingerprint density at radius 3 is 2.06 bits per heavy atom. The highest BCUT2D eigenvalue weighted by Crippen LogP contribution is 2.33. The number of rotatable bonds is 9. The zero-order valence-electron chi connectivity index (χ0n) is 26.7. The second kappa shape index (κ2) is 18.4. The molecule has 276 valence electrons. The van der Waals surface area contributed by atoms with Gasteiger partial charge in [0.05, 0.1) is 23.9 Å². The molecule has 14 nitrogen and oxygen atoms in total. The Hall–Kier alpha value is -4.63. The lowest BCUT2D eigenvalue weighted by atomic mass is 10.2. The molecule has 0 spiro atoms. The highest BCUT2D eigenvalue weighted by molar-refractivity contribution is 9.10. The van der Waals surface area contributed by atoms with Crippen molar-refractivity contribution in [1.82, 2.24) is 19.4 Å². The average molecular weight is 787 g/mol. The molecule has 0 radical (unpaired) electrons. The van der Waals surface area contributed by atoms with Gasteiger partial charge in [0.25, 0.3) is 5.56 Å². The molecular weight excluding hydrogens is 752 g/mol. The Bertz CT molecular complexity index is 1630. The second-order valence-corrected chi connectivity index (χ2v) is 11.3. The van der Waals surface area contributed by atoms with Crippen LogP contribution < -0.4 is 25.8 Å². The van der Waals surface area contributed by atoms with Crippen LogP contribution in [0.4, 0.5) is 55.2 Å². The van der Waals surface area contributed by atoms with Gasteiger partial charge in [-0.3, -0.25) is 9.69 Å². The van der Waals surface area contributed by atoms with E-state index in [9.17, 15) is 31.1 Å². The number of carbonyl (C=O) groups is 2. The molecule has 3 aromatic rings. The van der Waals surface area contributed by atoms with Gasteiger partial charge in [-0.25, -0.2) is 14.6 Å². The number of halogens is 7. The minimum absolute atomic E-state index is 0.0465. The minimum Gasteiger partial charge on any atom is -0.494 e. The van der Waals surface area contributed by atoms with Crippen molar-refractivity contribution in [2.45, 2.75) is 32.2 Å². The fraction of sp³-hybridized carbons (Fsp3) is 0.414.